The molecule has 3 nitrogen and oxygen atoms in total. The second-order valence-corrected chi connectivity index (χ2v) is 5.57. The molecule has 1 unspecified atom stereocenters. The van der Waals surface area contributed by atoms with Crippen molar-refractivity contribution in [3.63, 3.8) is 0 Å². The first-order valence-corrected chi connectivity index (χ1v) is 7.27. The van der Waals surface area contributed by atoms with Gasteiger partial charge in [-0.3, -0.25) is 0 Å². The molecule has 3 heteroatoms. The molecule has 1 aromatic carbocycles. The van der Waals surface area contributed by atoms with Crippen LogP contribution in [0.4, 0.5) is 0 Å². The van der Waals surface area contributed by atoms with Crippen LogP contribution in [0.25, 0.3) is 0 Å². The molecule has 1 N–H and O–H groups in total. The fourth-order valence-electron chi connectivity index (χ4n) is 2.48. The Labute approximate surface area is 116 Å². The normalized spacial score (nSPS) is 15.6. The van der Waals surface area contributed by atoms with Crippen LogP contribution in [-0.2, 0) is 0 Å². The van der Waals surface area contributed by atoms with Crippen LogP contribution in [0.5, 0.6) is 11.5 Å². The summed E-state index contributed by atoms with van der Waals surface area (Å²) in [6.45, 7) is 5.85. The number of fused-ring (bicyclic) bond motifs is 1. The zero-order chi connectivity index (χ0) is 13.7. The van der Waals surface area contributed by atoms with Crippen LogP contribution in [-0.4, -0.2) is 20.3 Å². The van der Waals surface area contributed by atoms with Gasteiger partial charge in [0.25, 0.3) is 0 Å². The van der Waals surface area contributed by atoms with Crippen LogP contribution in [0, 0.1) is 5.92 Å². The highest BCUT2D eigenvalue weighted by molar-refractivity contribution is 5.44. The van der Waals surface area contributed by atoms with E-state index in [0.29, 0.717) is 19.3 Å². The minimum absolute atomic E-state index is 0.398. The van der Waals surface area contributed by atoms with Crippen molar-refractivity contribution in [2.45, 2.75) is 39.2 Å². The lowest BCUT2D eigenvalue weighted by molar-refractivity contribution is 0.171. The average molecular weight is 263 g/mol. The summed E-state index contributed by atoms with van der Waals surface area (Å²) in [6, 6.07) is 6.68. The van der Waals surface area contributed by atoms with Crippen LogP contribution in [0.2, 0.25) is 0 Å². The van der Waals surface area contributed by atoms with Gasteiger partial charge in [-0.1, -0.05) is 32.8 Å². The van der Waals surface area contributed by atoms with Crippen LogP contribution in [0.3, 0.4) is 0 Å². The Balaban J connectivity index is 2.01. The van der Waals surface area contributed by atoms with Crippen molar-refractivity contribution in [3.8, 4) is 11.5 Å². The van der Waals surface area contributed by atoms with Gasteiger partial charge in [0.1, 0.15) is 13.2 Å². The maximum atomic E-state index is 5.65. The summed E-state index contributed by atoms with van der Waals surface area (Å²) in [5.41, 5.74) is 1.29. The molecular weight excluding hydrogens is 238 g/mol. The van der Waals surface area contributed by atoms with Gasteiger partial charge in [-0.05, 0) is 37.1 Å². The summed E-state index contributed by atoms with van der Waals surface area (Å²) < 4.78 is 11.2. The number of ether oxygens (including phenoxy) is 2. The Morgan fingerprint density at radius 1 is 1.11 bits per heavy atom. The largest absolute Gasteiger partial charge is 0.486 e. The zero-order valence-corrected chi connectivity index (χ0v) is 12.2. The van der Waals surface area contributed by atoms with E-state index in [1.807, 2.05) is 13.1 Å². The Bertz CT molecular complexity index is 404. The van der Waals surface area contributed by atoms with Crippen LogP contribution >= 0.6 is 0 Å². The lowest BCUT2D eigenvalue weighted by Crippen LogP contribution is -2.19. The number of benzene rings is 1. The summed E-state index contributed by atoms with van der Waals surface area (Å²) in [4.78, 5) is 0. The number of rotatable bonds is 6. The van der Waals surface area contributed by atoms with Gasteiger partial charge in [0.05, 0.1) is 0 Å². The Hall–Kier alpha value is -1.22. The fraction of sp³-hybridized carbons (Fsp3) is 0.625. The van der Waals surface area contributed by atoms with E-state index in [1.54, 1.807) is 0 Å². The second kappa shape index (κ2) is 6.80. The molecule has 2 rings (SSSR count). The molecule has 1 aliphatic rings. The van der Waals surface area contributed by atoms with E-state index in [9.17, 15) is 0 Å². The van der Waals surface area contributed by atoms with E-state index < -0.39 is 0 Å². The molecule has 0 amide bonds. The molecule has 0 radical (unpaired) electrons. The maximum absolute atomic E-state index is 5.65. The third-order valence-corrected chi connectivity index (χ3v) is 3.59. The molecule has 0 saturated heterocycles. The van der Waals surface area contributed by atoms with Gasteiger partial charge in [0.15, 0.2) is 11.5 Å². The van der Waals surface area contributed by atoms with Gasteiger partial charge in [-0.2, -0.15) is 0 Å². The van der Waals surface area contributed by atoms with E-state index >= 15 is 0 Å². The first-order chi connectivity index (χ1) is 9.20. The van der Waals surface area contributed by atoms with E-state index in [-0.39, 0.29) is 0 Å². The third kappa shape index (κ3) is 3.87. The molecule has 0 spiro atoms. The molecule has 106 valence electrons. The predicted octanol–water partition coefficient (Wildman–Crippen LogP) is 3.54. The van der Waals surface area contributed by atoms with Gasteiger partial charge in [0.2, 0.25) is 0 Å². The van der Waals surface area contributed by atoms with Crippen molar-refractivity contribution in [1.82, 2.24) is 5.32 Å². The molecule has 19 heavy (non-hydrogen) atoms. The Morgan fingerprint density at radius 2 is 1.84 bits per heavy atom. The molecule has 1 heterocycles. The monoisotopic (exact) mass is 263 g/mol. The van der Waals surface area contributed by atoms with Crippen LogP contribution in [0.1, 0.15) is 44.7 Å². The van der Waals surface area contributed by atoms with Crippen molar-refractivity contribution in [2.75, 3.05) is 20.3 Å². The van der Waals surface area contributed by atoms with Gasteiger partial charge in [-0.15, -0.1) is 0 Å². The average Bonchev–Trinajstić information content (AvgIpc) is 2.43. The van der Waals surface area contributed by atoms with E-state index in [1.165, 1.54) is 18.4 Å². The third-order valence-electron chi connectivity index (χ3n) is 3.59. The lowest BCUT2D eigenvalue weighted by atomic mass is 9.98. The van der Waals surface area contributed by atoms with Crippen molar-refractivity contribution in [3.05, 3.63) is 23.8 Å². The molecule has 0 aromatic heterocycles. The summed E-state index contributed by atoms with van der Waals surface area (Å²) >= 11 is 0. The predicted molar refractivity (Wildman–Crippen MR) is 77.9 cm³/mol. The zero-order valence-electron chi connectivity index (χ0n) is 12.2. The van der Waals surface area contributed by atoms with E-state index in [0.717, 1.165) is 23.8 Å². The standard InChI is InChI=1S/C16H25NO2/c1-12(2)5-4-6-14(17-3)13-7-8-15-16(11-13)19-10-9-18-15/h7-8,11-12,14,17H,4-6,9-10H2,1-3H3. The molecule has 1 atom stereocenters. The molecule has 1 aliphatic heterocycles. The minimum Gasteiger partial charge on any atom is -0.486 e. The smallest absolute Gasteiger partial charge is 0.161 e. The van der Waals surface area contributed by atoms with E-state index in [4.69, 9.17) is 9.47 Å². The Kier molecular flexibility index (Phi) is 5.08. The topological polar surface area (TPSA) is 30.5 Å². The second-order valence-electron chi connectivity index (χ2n) is 5.57. The summed E-state index contributed by atoms with van der Waals surface area (Å²) in [7, 11) is 2.02. The van der Waals surface area contributed by atoms with Crippen molar-refractivity contribution in [2.24, 2.45) is 5.92 Å². The summed E-state index contributed by atoms with van der Waals surface area (Å²) in [6.07, 6.45) is 3.69. The fourth-order valence-corrected chi connectivity index (χ4v) is 2.48. The molecule has 0 saturated carbocycles. The SMILES string of the molecule is CNC(CCCC(C)C)c1ccc2c(c1)OCCO2. The van der Waals surface area contributed by atoms with Crippen molar-refractivity contribution >= 4 is 0 Å². The number of hydrogen-bond acceptors (Lipinski definition) is 3. The van der Waals surface area contributed by atoms with Gasteiger partial charge < -0.3 is 14.8 Å². The van der Waals surface area contributed by atoms with Crippen molar-refractivity contribution < 1.29 is 9.47 Å². The quantitative estimate of drug-likeness (QED) is 0.851. The molecule has 0 aliphatic carbocycles. The summed E-state index contributed by atoms with van der Waals surface area (Å²) in [5, 5.41) is 3.40. The summed E-state index contributed by atoms with van der Waals surface area (Å²) in [5.74, 6) is 2.53. The van der Waals surface area contributed by atoms with Crippen LogP contribution < -0.4 is 14.8 Å². The van der Waals surface area contributed by atoms with Crippen molar-refractivity contribution in [1.29, 1.82) is 0 Å². The van der Waals surface area contributed by atoms with Gasteiger partial charge >= 0.3 is 0 Å². The molecular formula is C16H25NO2. The number of nitrogens with one attached hydrogen (secondary N) is 1. The highest BCUT2D eigenvalue weighted by Crippen LogP contribution is 2.33. The maximum Gasteiger partial charge on any atom is 0.161 e. The first kappa shape index (κ1) is 14.2. The highest BCUT2D eigenvalue weighted by atomic mass is 16.6. The Morgan fingerprint density at radius 3 is 2.53 bits per heavy atom. The van der Waals surface area contributed by atoms with Gasteiger partial charge in [-0.25, -0.2) is 0 Å². The minimum atomic E-state index is 0.398. The van der Waals surface area contributed by atoms with Gasteiger partial charge in [0, 0.05) is 6.04 Å². The number of hydrogen-bond donors (Lipinski definition) is 1. The molecule has 1 aromatic rings. The van der Waals surface area contributed by atoms with Crippen LogP contribution in [0.15, 0.2) is 18.2 Å². The first-order valence-electron chi connectivity index (χ1n) is 7.27. The molecule has 0 bridgehead atoms. The highest BCUT2D eigenvalue weighted by Gasteiger charge is 2.15. The lowest BCUT2D eigenvalue weighted by Gasteiger charge is -2.22. The molecule has 0 fully saturated rings. The van der Waals surface area contributed by atoms with E-state index in [2.05, 4.69) is 31.3 Å².